The van der Waals surface area contributed by atoms with Crippen LogP contribution in [0, 0.1) is 0 Å². The molecular weight excluding hydrogens is 293 g/mol. The molecule has 0 bridgehead atoms. The Labute approximate surface area is 128 Å². The van der Waals surface area contributed by atoms with Gasteiger partial charge in [-0.05, 0) is 31.9 Å². The number of hydrazine groups is 1. The zero-order valence-corrected chi connectivity index (χ0v) is 12.8. The third kappa shape index (κ3) is 3.61. The highest BCUT2D eigenvalue weighted by Gasteiger charge is 2.36. The Morgan fingerprint density at radius 3 is 2.36 bits per heavy atom. The summed E-state index contributed by atoms with van der Waals surface area (Å²) in [5.41, 5.74) is 1.15. The summed E-state index contributed by atoms with van der Waals surface area (Å²) in [5.74, 6) is -0.720. The summed E-state index contributed by atoms with van der Waals surface area (Å²) >= 11 is 0. The van der Waals surface area contributed by atoms with E-state index in [4.69, 9.17) is 0 Å². The van der Waals surface area contributed by atoms with Crippen molar-refractivity contribution in [2.75, 3.05) is 7.05 Å². The van der Waals surface area contributed by atoms with E-state index in [-0.39, 0.29) is 11.1 Å². The summed E-state index contributed by atoms with van der Waals surface area (Å²) in [7, 11) is 1.72. The lowest BCUT2D eigenvalue weighted by Crippen LogP contribution is -2.54. The van der Waals surface area contributed by atoms with Crippen molar-refractivity contribution in [2.45, 2.75) is 50.7 Å². The second kappa shape index (κ2) is 6.28. The molecule has 0 aliphatic heterocycles. The molecule has 22 heavy (non-hydrogen) atoms. The minimum absolute atomic E-state index is 0.207. The van der Waals surface area contributed by atoms with E-state index in [1.165, 1.54) is 18.2 Å². The first kappa shape index (κ1) is 16.8. The quantitative estimate of drug-likeness (QED) is 0.855. The topological polar surface area (TPSA) is 32.3 Å². The SMILES string of the molecule is CN(NC(=O)c1ccccc1C(F)(F)F)C1(C)CCCCC1. The molecular formula is C16H21F3N2O. The standard InChI is InChI=1S/C16H21F3N2O/c1-15(10-6-3-7-11-15)21(2)20-14(22)12-8-4-5-9-13(12)16(17,18)19/h4-5,8-9H,3,6-7,10-11H2,1-2H3,(H,20,22). The summed E-state index contributed by atoms with van der Waals surface area (Å²) in [5, 5.41) is 1.67. The van der Waals surface area contributed by atoms with E-state index in [1.54, 1.807) is 12.1 Å². The number of benzene rings is 1. The van der Waals surface area contributed by atoms with Crippen molar-refractivity contribution >= 4 is 5.91 Å². The van der Waals surface area contributed by atoms with Crippen molar-refractivity contribution in [3.05, 3.63) is 35.4 Å². The highest BCUT2D eigenvalue weighted by atomic mass is 19.4. The number of carbonyl (C=O) groups is 1. The van der Waals surface area contributed by atoms with Crippen LogP contribution in [0.3, 0.4) is 0 Å². The number of nitrogens with one attached hydrogen (secondary N) is 1. The van der Waals surface area contributed by atoms with Crippen LogP contribution in [0.1, 0.15) is 54.9 Å². The van der Waals surface area contributed by atoms with Crippen LogP contribution in [0.5, 0.6) is 0 Å². The first-order valence-corrected chi connectivity index (χ1v) is 7.45. The average molecular weight is 314 g/mol. The molecule has 1 aromatic rings. The molecule has 1 aliphatic carbocycles. The van der Waals surface area contributed by atoms with Gasteiger partial charge in [-0.2, -0.15) is 13.2 Å². The van der Waals surface area contributed by atoms with Gasteiger partial charge in [0.2, 0.25) is 0 Å². The summed E-state index contributed by atoms with van der Waals surface area (Å²) in [6, 6.07) is 4.85. The van der Waals surface area contributed by atoms with Crippen molar-refractivity contribution in [1.82, 2.24) is 10.4 Å². The van der Waals surface area contributed by atoms with Crippen LogP contribution in [-0.2, 0) is 6.18 Å². The van der Waals surface area contributed by atoms with Gasteiger partial charge in [0.15, 0.2) is 0 Å². The second-order valence-corrected chi connectivity index (χ2v) is 6.10. The minimum Gasteiger partial charge on any atom is -0.285 e. The Morgan fingerprint density at radius 2 is 1.77 bits per heavy atom. The van der Waals surface area contributed by atoms with Gasteiger partial charge in [0, 0.05) is 12.6 Å². The van der Waals surface area contributed by atoms with Crippen molar-refractivity contribution in [3.63, 3.8) is 0 Å². The third-order valence-electron chi connectivity index (χ3n) is 4.49. The first-order valence-electron chi connectivity index (χ1n) is 7.45. The molecule has 1 saturated carbocycles. The van der Waals surface area contributed by atoms with E-state index in [9.17, 15) is 18.0 Å². The molecule has 0 saturated heterocycles. The highest BCUT2D eigenvalue weighted by Crippen LogP contribution is 2.33. The van der Waals surface area contributed by atoms with Crippen molar-refractivity contribution in [2.24, 2.45) is 0 Å². The molecule has 0 radical (unpaired) electrons. The van der Waals surface area contributed by atoms with E-state index in [1.807, 2.05) is 6.92 Å². The van der Waals surface area contributed by atoms with E-state index in [0.29, 0.717) is 0 Å². The van der Waals surface area contributed by atoms with Crippen LogP contribution in [0.4, 0.5) is 13.2 Å². The van der Waals surface area contributed by atoms with E-state index in [2.05, 4.69) is 5.43 Å². The van der Waals surface area contributed by atoms with Crippen molar-refractivity contribution in [1.29, 1.82) is 0 Å². The summed E-state index contributed by atoms with van der Waals surface area (Å²) < 4.78 is 38.9. The lowest BCUT2D eigenvalue weighted by atomic mass is 9.83. The second-order valence-electron chi connectivity index (χ2n) is 6.10. The zero-order valence-electron chi connectivity index (χ0n) is 12.8. The Hall–Kier alpha value is -1.56. The Bertz CT molecular complexity index is 536. The van der Waals surface area contributed by atoms with E-state index in [0.717, 1.165) is 38.2 Å². The van der Waals surface area contributed by atoms with Gasteiger partial charge in [0.05, 0.1) is 11.1 Å². The Balaban J connectivity index is 2.16. The normalized spacial score (nSPS) is 18.3. The smallest absolute Gasteiger partial charge is 0.285 e. The maximum absolute atomic E-state index is 13.0. The van der Waals surface area contributed by atoms with Crippen LogP contribution in [-0.4, -0.2) is 23.5 Å². The molecule has 6 heteroatoms. The van der Waals surface area contributed by atoms with Crippen LogP contribution in [0.2, 0.25) is 0 Å². The van der Waals surface area contributed by atoms with Gasteiger partial charge in [0.25, 0.3) is 5.91 Å². The fourth-order valence-electron chi connectivity index (χ4n) is 2.92. The highest BCUT2D eigenvalue weighted by molar-refractivity contribution is 5.95. The zero-order chi connectivity index (χ0) is 16.4. The molecule has 3 nitrogen and oxygen atoms in total. The summed E-state index contributed by atoms with van der Waals surface area (Å²) in [6.07, 6.45) is 0.594. The Morgan fingerprint density at radius 1 is 1.18 bits per heavy atom. The largest absolute Gasteiger partial charge is 0.417 e. The lowest BCUT2D eigenvalue weighted by Gasteiger charge is -2.41. The predicted octanol–water partition coefficient (Wildman–Crippen LogP) is 4.00. The number of nitrogens with zero attached hydrogens (tertiary/aromatic N) is 1. The molecule has 1 aromatic carbocycles. The van der Waals surface area contributed by atoms with Gasteiger partial charge in [-0.15, -0.1) is 0 Å². The van der Waals surface area contributed by atoms with Crippen LogP contribution in [0.25, 0.3) is 0 Å². The molecule has 0 atom stereocenters. The predicted molar refractivity (Wildman–Crippen MR) is 78.2 cm³/mol. The summed E-state index contributed by atoms with van der Waals surface area (Å²) in [4.78, 5) is 12.3. The molecule has 1 N–H and O–H groups in total. The fraction of sp³-hybridized carbons (Fsp3) is 0.562. The number of alkyl halides is 3. The molecule has 2 rings (SSSR count). The number of hydrogen-bond donors (Lipinski definition) is 1. The van der Waals surface area contributed by atoms with Crippen molar-refractivity contribution in [3.8, 4) is 0 Å². The average Bonchev–Trinajstić information content (AvgIpc) is 2.47. The number of amides is 1. The molecule has 122 valence electrons. The molecule has 0 spiro atoms. The van der Waals surface area contributed by atoms with E-state index >= 15 is 0 Å². The maximum atomic E-state index is 13.0. The lowest BCUT2D eigenvalue weighted by molar-refractivity contribution is -0.138. The number of hydrogen-bond acceptors (Lipinski definition) is 2. The molecule has 0 aromatic heterocycles. The molecule has 0 unspecified atom stereocenters. The van der Waals surface area contributed by atoms with Crippen LogP contribution >= 0.6 is 0 Å². The molecule has 1 amide bonds. The third-order valence-corrected chi connectivity index (χ3v) is 4.49. The maximum Gasteiger partial charge on any atom is 0.417 e. The fourth-order valence-corrected chi connectivity index (χ4v) is 2.92. The molecule has 0 heterocycles. The molecule has 1 aliphatic rings. The first-order chi connectivity index (χ1) is 10.2. The van der Waals surface area contributed by atoms with Crippen LogP contribution in [0.15, 0.2) is 24.3 Å². The Kier molecular flexibility index (Phi) is 4.80. The van der Waals surface area contributed by atoms with E-state index < -0.39 is 17.6 Å². The van der Waals surface area contributed by atoms with Gasteiger partial charge < -0.3 is 0 Å². The number of rotatable bonds is 3. The van der Waals surface area contributed by atoms with Gasteiger partial charge in [-0.1, -0.05) is 31.4 Å². The van der Waals surface area contributed by atoms with Gasteiger partial charge >= 0.3 is 6.18 Å². The van der Waals surface area contributed by atoms with Gasteiger partial charge in [-0.3, -0.25) is 10.2 Å². The van der Waals surface area contributed by atoms with Crippen molar-refractivity contribution < 1.29 is 18.0 Å². The minimum atomic E-state index is -4.54. The molecule has 1 fully saturated rings. The number of carbonyl (C=O) groups excluding carboxylic acids is 1. The summed E-state index contributed by atoms with van der Waals surface area (Å²) in [6.45, 7) is 2.03. The number of halogens is 3. The van der Waals surface area contributed by atoms with Gasteiger partial charge in [0.1, 0.15) is 0 Å². The monoisotopic (exact) mass is 314 g/mol. The van der Waals surface area contributed by atoms with Crippen LogP contribution < -0.4 is 5.43 Å². The van der Waals surface area contributed by atoms with Gasteiger partial charge in [-0.25, -0.2) is 5.01 Å².